The van der Waals surface area contributed by atoms with E-state index >= 15 is 0 Å². The number of unbranched alkanes of at least 4 members (excludes halogenated alkanes) is 19. The molecule has 2 aliphatic rings. The lowest BCUT2D eigenvalue weighted by molar-refractivity contribution is -0.304. The van der Waals surface area contributed by atoms with E-state index in [-0.39, 0.29) is 30.8 Å². The number of hydrogen-bond acceptors (Lipinski definition) is 10. The summed E-state index contributed by atoms with van der Waals surface area (Å²) in [7, 11) is 0. The Morgan fingerprint density at radius 3 is 1.71 bits per heavy atom. The van der Waals surface area contributed by atoms with E-state index in [1.807, 2.05) is 0 Å². The van der Waals surface area contributed by atoms with Gasteiger partial charge in [-0.25, -0.2) is 0 Å². The molecule has 2 unspecified atom stereocenters. The monoisotopic (exact) mass is 801 g/mol. The molecule has 12 heteroatoms. The molecule has 0 aromatic rings. The lowest BCUT2D eigenvalue weighted by Gasteiger charge is -2.41. The molecule has 2 amide bonds. The van der Waals surface area contributed by atoms with E-state index in [4.69, 9.17) is 9.47 Å². The Morgan fingerprint density at radius 2 is 1.20 bits per heavy atom. The minimum Gasteiger partial charge on any atom is -0.394 e. The van der Waals surface area contributed by atoms with Gasteiger partial charge in [0.15, 0.2) is 6.29 Å². The van der Waals surface area contributed by atoms with Crippen molar-refractivity contribution in [2.45, 2.75) is 249 Å². The van der Waals surface area contributed by atoms with E-state index in [1.54, 1.807) is 0 Å². The zero-order chi connectivity index (χ0) is 41.0. The first-order valence-electron chi connectivity index (χ1n) is 23.0. The van der Waals surface area contributed by atoms with Gasteiger partial charge in [0, 0.05) is 12.5 Å². The zero-order valence-electron chi connectivity index (χ0n) is 35.4. The number of aliphatic hydroxyl groups is 6. The Morgan fingerprint density at radius 1 is 0.696 bits per heavy atom. The topological polar surface area (TPSA) is 189 Å². The molecule has 12 nitrogen and oxygen atoms in total. The van der Waals surface area contributed by atoms with Crippen LogP contribution in [-0.2, 0) is 19.1 Å². The first-order valence-corrected chi connectivity index (χ1v) is 23.0. The molecule has 1 heterocycles. The predicted molar refractivity (Wildman–Crippen MR) is 220 cm³/mol. The van der Waals surface area contributed by atoms with Crippen molar-refractivity contribution in [2.75, 3.05) is 19.8 Å². The molecule has 0 aromatic carbocycles. The van der Waals surface area contributed by atoms with Crippen molar-refractivity contribution in [3.8, 4) is 0 Å². The summed E-state index contributed by atoms with van der Waals surface area (Å²) < 4.78 is 11.5. The predicted octanol–water partition coefficient (Wildman–Crippen LogP) is 6.18. The van der Waals surface area contributed by atoms with E-state index < -0.39 is 62.2 Å². The van der Waals surface area contributed by atoms with Gasteiger partial charge in [0.2, 0.25) is 11.8 Å². The highest BCUT2D eigenvalue weighted by Crippen LogP contribution is 2.25. The molecule has 0 bridgehead atoms. The minimum absolute atomic E-state index is 0.00986. The summed E-state index contributed by atoms with van der Waals surface area (Å²) >= 11 is 0. The van der Waals surface area contributed by atoms with Crippen LogP contribution in [0.5, 0.6) is 0 Å². The van der Waals surface area contributed by atoms with Crippen molar-refractivity contribution in [2.24, 2.45) is 0 Å². The zero-order valence-corrected chi connectivity index (χ0v) is 35.4. The van der Waals surface area contributed by atoms with E-state index in [1.165, 1.54) is 88.4 Å². The second-order valence-corrected chi connectivity index (χ2v) is 16.8. The summed E-state index contributed by atoms with van der Waals surface area (Å²) in [5.41, 5.74) is 0. The number of amides is 2. The Labute approximate surface area is 339 Å². The molecule has 1 aliphatic carbocycles. The number of nitrogens with zero attached hydrogens (tertiary/aromatic N) is 1. The van der Waals surface area contributed by atoms with Crippen molar-refractivity contribution in [3.63, 3.8) is 0 Å². The second kappa shape index (κ2) is 31.5. The molecule has 56 heavy (non-hydrogen) atoms. The van der Waals surface area contributed by atoms with Gasteiger partial charge in [-0.1, -0.05) is 162 Å². The normalized spacial score (nSPS) is 23.5. The first kappa shape index (κ1) is 50.8. The van der Waals surface area contributed by atoms with Crippen LogP contribution in [0, 0.1) is 0 Å². The van der Waals surface area contributed by atoms with Gasteiger partial charge < -0.3 is 50.3 Å². The highest BCUT2D eigenvalue weighted by atomic mass is 16.7. The van der Waals surface area contributed by atoms with Crippen LogP contribution in [0.3, 0.4) is 0 Å². The van der Waals surface area contributed by atoms with E-state index in [2.05, 4.69) is 19.2 Å². The summed E-state index contributed by atoms with van der Waals surface area (Å²) in [6.07, 6.45) is 18.6. The molecular weight excluding hydrogens is 716 g/mol. The number of nitrogens with one attached hydrogen (secondary N) is 1. The molecule has 1 aliphatic heterocycles. The Balaban J connectivity index is 2.11. The van der Waals surface area contributed by atoms with Crippen LogP contribution in [0.2, 0.25) is 0 Å². The fraction of sp³-hybridized carbons (Fsp3) is 0.955. The average molecular weight is 801 g/mol. The van der Waals surface area contributed by atoms with Crippen LogP contribution in [0.1, 0.15) is 194 Å². The Bertz CT molecular complexity index is 983. The molecule has 2 rings (SSSR count). The van der Waals surface area contributed by atoms with Gasteiger partial charge in [-0.05, 0) is 25.7 Å². The van der Waals surface area contributed by atoms with Crippen molar-refractivity contribution < 1.29 is 49.7 Å². The minimum atomic E-state index is -1.68. The van der Waals surface area contributed by atoms with Gasteiger partial charge in [-0.15, -0.1) is 0 Å². The third kappa shape index (κ3) is 20.5. The largest absolute Gasteiger partial charge is 0.394 e. The highest BCUT2D eigenvalue weighted by Gasteiger charge is 2.45. The summed E-state index contributed by atoms with van der Waals surface area (Å²) in [5, 5.41) is 67.2. The number of ether oxygens (including phenoxy) is 2. The number of rotatable bonds is 33. The molecule has 330 valence electrons. The maximum absolute atomic E-state index is 14.0. The van der Waals surface area contributed by atoms with Gasteiger partial charge in [-0.2, -0.15) is 0 Å². The maximum Gasteiger partial charge on any atom is 0.239 e. The fourth-order valence-corrected chi connectivity index (χ4v) is 8.19. The van der Waals surface area contributed by atoms with Gasteiger partial charge in [0.05, 0.1) is 25.4 Å². The van der Waals surface area contributed by atoms with Crippen LogP contribution in [0.25, 0.3) is 0 Å². The summed E-state index contributed by atoms with van der Waals surface area (Å²) in [6.45, 7) is 3.03. The molecule has 1 saturated heterocycles. The third-order valence-corrected chi connectivity index (χ3v) is 11.9. The third-order valence-electron chi connectivity index (χ3n) is 11.9. The van der Waals surface area contributed by atoms with Gasteiger partial charge in [-0.3, -0.25) is 9.59 Å². The van der Waals surface area contributed by atoms with E-state index in [9.17, 15) is 40.2 Å². The molecule has 1 saturated carbocycles. The van der Waals surface area contributed by atoms with Crippen LogP contribution in [0.15, 0.2) is 0 Å². The van der Waals surface area contributed by atoms with Crippen LogP contribution >= 0.6 is 0 Å². The molecule has 7 N–H and O–H groups in total. The van der Waals surface area contributed by atoms with E-state index in [0.29, 0.717) is 19.3 Å². The maximum atomic E-state index is 14.0. The number of hydrogen-bond donors (Lipinski definition) is 7. The van der Waals surface area contributed by atoms with Gasteiger partial charge >= 0.3 is 0 Å². The first-order chi connectivity index (χ1) is 27.1. The molecule has 0 aromatic heterocycles. The van der Waals surface area contributed by atoms with Crippen LogP contribution in [0.4, 0.5) is 0 Å². The fourth-order valence-electron chi connectivity index (χ4n) is 8.19. The quantitative estimate of drug-likeness (QED) is 0.0378. The van der Waals surface area contributed by atoms with Crippen molar-refractivity contribution >= 4 is 11.8 Å². The van der Waals surface area contributed by atoms with Crippen LogP contribution < -0.4 is 5.32 Å². The standard InChI is InChI=1S/C44H84N2O10/c1-3-5-7-9-11-13-14-15-17-18-20-25-29-36(48)40(51)35(33-55-44-43(54)42(53)41(52)37(32-47)56-44)46(31-38(49)45-34-27-23-22-24-28-34)39(50)30-26-21-19-16-12-10-8-6-4-2/h34-37,40-44,47-48,51-54H,3-33H2,1-2H3,(H,45,49)/t35-,36+,37?,40-,41+,42-,43?,44-/m0/s1. The van der Waals surface area contributed by atoms with Crippen LogP contribution in [-0.4, -0.2) is 122 Å². The summed E-state index contributed by atoms with van der Waals surface area (Å²) in [5.74, 6) is -0.691. The molecule has 0 spiro atoms. The highest BCUT2D eigenvalue weighted by molar-refractivity contribution is 5.85. The smallest absolute Gasteiger partial charge is 0.239 e. The lowest BCUT2D eigenvalue weighted by atomic mass is 9.95. The second-order valence-electron chi connectivity index (χ2n) is 16.8. The van der Waals surface area contributed by atoms with Crippen molar-refractivity contribution in [3.05, 3.63) is 0 Å². The van der Waals surface area contributed by atoms with E-state index in [0.717, 1.165) is 70.6 Å². The van der Waals surface area contributed by atoms with Crippen molar-refractivity contribution in [1.29, 1.82) is 0 Å². The molecule has 2 fully saturated rings. The Hall–Kier alpha value is -1.38. The Kier molecular flexibility index (Phi) is 28.6. The van der Waals surface area contributed by atoms with Crippen molar-refractivity contribution in [1.82, 2.24) is 10.2 Å². The average Bonchev–Trinajstić information content (AvgIpc) is 3.20. The summed E-state index contributed by atoms with van der Waals surface area (Å²) in [4.78, 5) is 28.9. The number of carbonyl (C=O) groups excluding carboxylic acids is 2. The molecular formula is C44H84N2O10. The van der Waals surface area contributed by atoms with Gasteiger partial charge in [0.1, 0.15) is 37.1 Å². The van der Waals surface area contributed by atoms with Gasteiger partial charge in [0.25, 0.3) is 0 Å². The molecule has 8 atom stereocenters. The number of aliphatic hydroxyl groups excluding tert-OH is 6. The summed E-state index contributed by atoms with van der Waals surface area (Å²) in [6, 6.07) is -1.17. The lowest BCUT2D eigenvalue weighted by Crippen LogP contribution is -2.61. The number of carbonyl (C=O) groups is 2. The SMILES string of the molecule is CCCCCCCCCCCCCC[C@@H](O)[C@@H](O)[C@H](CO[C@H]1OC(CO)[C@@H](O)[C@H](O)C1O)N(CC(=O)NC1CCCCC1)C(=O)CCCCCCCCCCC. The molecule has 0 radical (unpaired) electrons.